The molecule has 0 aromatic heterocycles. The van der Waals surface area contributed by atoms with Crippen molar-refractivity contribution in [3.05, 3.63) is 34.9 Å². The van der Waals surface area contributed by atoms with Crippen LogP contribution in [0, 0.1) is 28.1 Å². The predicted octanol–water partition coefficient (Wildman–Crippen LogP) is 3.88. The van der Waals surface area contributed by atoms with Gasteiger partial charge in [0.25, 0.3) is 5.91 Å². The molecule has 22 heavy (non-hydrogen) atoms. The van der Waals surface area contributed by atoms with Crippen LogP contribution >= 0.6 is 11.6 Å². The van der Waals surface area contributed by atoms with Gasteiger partial charge in [0.2, 0.25) is 0 Å². The smallest absolute Gasteiger partial charge is 0.255 e. The molecular formula is C18H19ClN2O. The fraction of sp³-hybridized carbons (Fsp3) is 0.556. The number of benzene rings is 1. The van der Waals surface area contributed by atoms with E-state index in [0.29, 0.717) is 23.0 Å². The second kappa shape index (κ2) is 4.06. The Morgan fingerprint density at radius 2 is 2.05 bits per heavy atom. The molecule has 4 rings (SSSR count). The van der Waals surface area contributed by atoms with Crippen molar-refractivity contribution in [2.75, 3.05) is 6.54 Å². The molecule has 0 N–H and O–H groups in total. The first-order valence-electron chi connectivity index (χ1n) is 7.87. The second-order valence-electron chi connectivity index (χ2n) is 7.56. The maximum absolute atomic E-state index is 13.0. The Hall–Kier alpha value is -1.53. The molecular weight excluding hydrogens is 296 g/mol. The number of nitrogens with zero attached hydrogens (tertiary/aromatic N) is 2. The highest BCUT2D eigenvalue weighted by atomic mass is 35.5. The molecule has 4 bridgehead atoms. The molecule has 1 heterocycles. The van der Waals surface area contributed by atoms with Crippen LogP contribution in [0.15, 0.2) is 24.3 Å². The van der Waals surface area contributed by atoms with Crippen LogP contribution in [0.3, 0.4) is 0 Å². The quantitative estimate of drug-likeness (QED) is 0.789. The van der Waals surface area contributed by atoms with Gasteiger partial charge in [-0.1, -0.05) is 25.4 Å². The third-order valence-corrected chi connectivity index (χ3v) is 7.33. The Balaban J connectivity index is 1.78. The molecule has 2 aliphatic carbocycles. The van der Waals surface area contributed by atoms with Crippen molar-refractivity contribution in [2.45, 2.75) is 38.6 Å². The number of hydrogen-bond acceptors (Lipinski definition) is 2. The monoisotopic (exact) mass is 314 g/mol. The van der Waals surface area contributed by atoms with E-state index in [0.717, 1.165) is 12.8 Å². The fourth-order valence-electron chi connectivity index (χ4n) is 5.50. The summed E-state index contributed by atoms with van der Waals surface area (Å²) in [7, 11) is 0. The van der Waals surface area contributed by atoms with E-state index in [1.165, 1.54) is 6.42 Å². The maximum Gasteiger partial charge on any atom is 0.255 e. The summed E-state index contributed by atoms with van der Waals surface area (Å²) in [6.07, 6.45) is 3.07. The SMILES string of the molecule is C[C@]12CC[C@@H]3C[C@]1(C#N)N(C(=O)c1ccc(Cl)cc1)C[C@@]32C. The Morgan fingerprint density at radius 1 is 1.36 bits per heavy atom. The van der Waals surface area contributed by atoms with Gasteiger partial charge < -0.3 is 4.90 Å². The molecule has 4 atom stereocenters. The van der Waals surface area contributed by atoms with Crippen LogP contribution in [0.4, 0.5) is 0 Å². The lowest BCUT2D eigenvalue weighted by atomic mass is 9.66. The van der Waals surface area contributed by atoms with E-state index in [4.69, 9.17) is 11.6 Å². The van der Waals surface area contributed by atoms with Crippen molar-refractivity contribution in [3.63, 3.8) is 0 Å². The normalized spacial score (nSPS) is 41.7. The number of rotatable bonds is 1. The van der Waals surface area contributed by atoms with Crippen LogP contribution in [0.25, 0.3) is 0 Å². The highest BCUT2D eigenvalue weighted by Crippen LogP contribution is 2.75. The topological polar surface area (TPSA) is 44.1 Å². The fourth-order valence-corrected chi connectivity index (χ4v) is 5.63. The first-order valence-corrected chi connectivity index (χ1v) is 8.25. The number of piperidine rings is 1. The Labute approximate surface area is 135 Å². The molecule has 0 spiro atoms. The van der Waals surface area contributed by atoms with Crippen LogP contribution in [-0.4, -0.2) is 22.9 Å². The van der Waals surface area contributed by atoms with Crippen molar-refractivity contribution in [3.8, 4) is 6.07 Å². The van der Waals surface area contributed by atoms with Crippen LogP contribution < -0.4 is 0 Å². The zero-order valence-corrected chi connectivity index (χ0v) is 13.7. The average Bonchev–Trinajstić information content (AvgIpc) is 2.96. The molecule has 3 fully saturated rings. The molecule has 1 amide bonds. The summed E-state index contributed by atoms with van der Waals surface area (Å²) in [6.45, 7) is 5.19. The van der Waals surface area contributed by atoms with E-state index < -0.39 is 5.54 Å². The highest BCUT2D eigenvalue weighted by Gasteiger charge is 2.78. The average molecular weight is 315 g/mol. The number of halogens is 1. The van der Waals surface area contributed by atoms with Crippen LogP contribution in [0.2, 0.25) is 5.02 Å². The number of likely N-dealkylation sites (tertiary alicyclic amines) is 1. The molecule has 0 unspecified atom stereocenters. The molecule has 2 saturated carbocycles. The largest absolute Gasteiger partial charge is 0.319 e. The van der Waals surface area contributed by atoms with Gasteiger partial charge in [0.05, 0.1) is 6.07 Å². The molecule has 1 aromatic rings. The molecule has 3 nitrogen and oxygen atoms in total. The Morgan fingerprint density at radius 3 is 2.64 bits per heavy atom. The van der Waals surface area contributed by atoms with Gasteiger partial charge >= 0.3 is 0 Å². The summed E-state index contributed by atoms with van der Waals surface area (Å²) < 4.78 is 0. The predicted molar refractivity (Wildman–Crippen MR) is 84.4 cm³/mol. The molecule has 4 heteroatoms. The van der Waals surface area contributed by atoms with Crippen LogP contribution in [-0.2, 0) is 0 Å². The van der Waals surface area contributed by atoms with E-state index in [1.807, 2.05) is 4.90 Å². The first kappa shape index (κ1) is 14.1. The number of amides is 1. The standard InChI is InChI=1S/C18H19ClN2O/c1-16-11-21(15(22)12-3-5-14(19)6-4-12)18(10-20)9-13(16)7-8-17(16,18)2/h3-6,13H,7-9,11H2,1-2H3/t13-,16+,17-,18-/m1/s1. The molecule has 1 aromatic carbocycles. The van der Waals surface area contributed by atoms with Gasteiger partial charge in [-0.25, -0.2) is 0 Å². The zero-order chi connectivity index (χ0) is 15.8. The third-order valence-electron chi connectivity index (χ3n) is 7.08. The van der Waals surface area contributed by atoms with Crippen LogP contribution in [0.5, 0.6) is 0 Å². The second-order valence-corrected chi connectivity index (χ2v) is 8.00. The lowest BCUT2D eigenvalue weighted by Crippen LogP contribution is -2.54. The van der Waals surface area contributed by atoms with E-state index >= 15 is 0 Å². The van der Waals surface area contributed by atoms with E-state index in [-0.39, 0.29) is 16.7 Å². The highest BCUT2D eigenvalue weighted by molar-refractivity contribution is 6.30. The Kier molecular flexibility index (Phi) is 2.60. The minimum Gasteiger partial charge on any atom is -0.319 e. The summed E-state index contributed by atoms with van der Waals surface area (Å²) >= 11 is 5.91. The van der Waals surface area contributed by atoms with E-state index in [1.54, 1.807) is 24.3 Å². The van der Waals surface area contributed by atoms with Crippen molar-refractivity contribution in [1.29, 1.82) is 5.26 Å². The Bertz CT molecular complexity index is 709. The minimum atomic E-state index is -0.638. The van der Waals surface area contributed by atoms with Crippen molar-refractivity contribution in [1.82, 2.24) is 4.90 Å². The lowest BCUT2D eigenvalue weighted by molar-refractivity contribution is 0.0430. The number of carbonyl (C=O) groups is 1. The van der Waals surface area contributed by atoms with Crippen molar-refractivity contribution >= 4 is 17.5 Å². The number of hydrogen-bond donors (Lipinski definition) is 0. The molecule has 0 radical (unpaired) electrons. The third kappa shape index (κ3) is 1.32. The molecule has 3 aliphatic rings. The number of carbonyl (C=O) groups excluding carboxylic acids is 1. The molecule has 114 valence electrons. The summed E-state index contributed by atoms with van der Waals surface area (Å²) in [5.74, 6) is 0.542. The summed E-state index contributed by atoms with van der Waals surface area (Å²) in [6, 6.07) is 9.53. The molecule has 1 aliphatic heterocycles. The number of nitriles is 1. The zero-order valence-electron chi connectivity index (χ0n) is 12.9. The van der Waals surface area contributed by atoms with Gasteiger partial charge in [0.1, 0.15) is 5.54 Å². The summed E-state index contributed by atoms with van der Waals surface area (Å²) in [4.78, 5) is 14.9. The lowest BCUT2D eigenvalue weighted by Gasteiger charge is -2.43. The van der Waals surface area contributed by atoms with Gasteiger partial charge in [0.15, 0.2) is 0 Å². The van der Waals surface area contributed by atoms with E-state index in [9.17, 15) is 10.1 Å². The van der Waals surface area contributed by atoms with Gasteiger partial charge in [0, 0.05) is 22.5 Å². The first-order chi connectivity index (χ1) is 10.4. The summed E-state index contributed by atoms with van der Waals surface area (Å²) in [5, 5.41) is 10.6. The van der Waals surface area contributed by atoms with Gasteiger partial charge in [-0.05, 0) is 54.9 Å². The van der Waals surface area contributed by atoms with Gasteiger partial charge in [-0.15, -0.1) is 0 Å². The van der Waals surface area contributed by atoms with Crippen molar-refractivity contribution < 1.29 is 4.79 Å². The maximum atomic E-state index is 13.0. The van der Waals surface area contributed by atoms with Crippen molar-refractivity contribution in [2.24, 2.45) is 16.7 Å². The van der Waals surface area contributed by atoms with Gasteiger partial charge in [-0.3, -0.25) is 4.79 Å². The minimum absolute atomic E-state index is 0.0338. The van der Waals surface area contributed by atoms with E-state index in [2.05, 4.69) is 19.9 Å². The van der Waals surface area contributed by atoms with Gasteiger partial charge in [-0.2, -0.15) is 5.26 Å². The summed E-state index contributed by atoms with van der Waals surface area (Å²) in [5.41, 5.74) is -0.0251. The van der Waals surface area contributed by atoms with Crippen LogP contribution in [0.1, 0.15) is 43.5 Å². The molecule has 1 saturated heterocycles.